The van der Waals surface area contributed by atoms with Crippen molar-refractivity contribution in [2.24, 2.45) is 0 Å². The van der Waals surface area contributed by atoms with Gasteiger partial charge in [-0.15, -0.1) is 0 Å². The summed E-state index contributed by atoms with van der Waals surface area (Å²) >= 11 is 0. The summed E-state index contributed by atoms with van der Waals surface area (Å²) in [5.41, 5.74) is 1.51. The summed E-state index contributed by atoms with van der Waals surface area (Å²) in [7, 11) is 0. The Balaban J connectivity index is 3.68. The van der Waals surface area contributed by atoms with E-state index < -0.39 is 0 Å². The zero-order valence-electron chi connectivity index (χ0n) is 7.02. The first-order valence-electron chi connectivity index (χ1n) is 3.61. The zero-order chi connectivity index (χ0) is 9.14. The van der Waals surface area contributed by atoms with Crippen LogP contribution in [0.15, 0.2) is 12.7 Å². The van der Waals surface area contributed by atoms with Gasteiger partial charge in [-0.25, -0.2) is 0 Å². The third kappa shape index (κ3) is 1.17. The Labute approximate surface area is 71.2 Å². The molecule has 0 amide bonds. The lowest BCUT2D eigenvalue weighted by atomic mass is 10.2. The molecule has 2 heteroatoms. The molecule has 0 saturated carbocycles. The monoisotopic (exact) mass is 158 g/mol. The molecule has 60 valence electrons. The predicted molar refractivity (Wildman–Crippen MR) is 49.7 cm³/mol. The maximum Gasteiger partial charge on any atom is 0.102 e. The molecule has 0 saturated heterocycles. The van der Waals surface area contributed by atoms with Crippen molar-refractivity contribution in [3.63, 3.8) is 0 Å². The van der Waals surface area contributed by atoms with E-state index in [2.05, 4.69) is 24.2 Å². The average molecular weight is 158 g/mol. The van der Waals surface area contributed by atoms with Crippen molar-refractivity contribution in [1.29, 1.82) is 5.26 Å². The van der Waals surface area contributed by atoms with Crippen LogP contribution in [-0.4, -0.2) is 4.98 Å². The first kappa shape index (κ1) is 8.35. The molecule has 0 radical (unpaired) electrons. The molecule has 0 atom stereocenters. The molecule has 0 aromatic carbocycles. The van der Waals surface area contributed by atoms with Crippen LogP contribution in [0, 0.1) is 18.3 Å². The number of aromatic nitrogens is 1. The Hall–Kier alpha value is -1.75. The van der Waals surface area contributed by atoms with Gasteiger partial charge in [-0.1, -0.05) is 25.3 Å². The van der Waals surface area contributed by atoms with Crippen molar-refractivity contribution >= 4 is 12.7 Å². The zero-order valence-corrected chi connectivity index (χ0v) is 7.02. The second kappa shape index (κ2) is 3.10. The minimum Gasteiger partial charge on any atom is -0.358 e. The minimum atomic E-state index is 0.653. The van der Waals surface area contributed by atoms with Crippen molar-refractivity contribution in [2.75, 3.05) is 0 Å². The molecule has 1 N–H and O–H groups in total. The number of nitrogens with one attached hydrogen (secondary N) is 1. The molecular formula is C10H10N2. The average Bonchev–Trinajstić information content (AvgIpc) is 2.28. The molecule has 1 aromatic rings. The van der Waals surface area contributed by atoms with Crippen LogP contribution in [0.25, 0.3) is 12.7 Å². The third-order valence-electron chi connectivity index (χ3n) is 1.70. The van der Waals surface area contributed by atoms with Crippen LogP contribution in [0.3, 0.4) is 0 Å². The third-order valence-corrected chi connectivity index (χ3v) is 1.70. The molecule has 0 aliphatic carbocycles. The Morgan fingerprint density at radius 1 is 1.58 bits per heavy atom. The van der Waals surface area contributed by atoms with Crippen LogP contribution in [0.5, 0.6) is 0 Å². The molecule has 0 aliphatic heterocycles. The van der Waals surface area contributed by atoms with Gasteiger partial charge in [-0.2, -0.15) is 5.26 Å². The van der Waals surface area contributed by atoms with Crippen molar-refractivity contribution in [2.45, 2.75) is 6.92 Å². The number of aryl methyl sites for hydroxylation is 1. The SMILES string of the molecule is C=C/C=c1/c(C#N)c(C)[nH]c1=C. The maximum absolute atomic E-state index is 8.79. The lowest BCUT2D eigenvalue weighted by Gasteiger charge is -1.81. The minimum absolute atomic E-state index is 0.653. The van der Waals surface area contributed by atoms with E-state index in [1.165, 1.54) is 0 Å². The molecular weight excluding hydrogens is 148 g/mol. The van der Waals surface area contributed by atoms with E-state index >= 15 is 0 Å². The number of H-pyrrole nitrogens is 1. The normalized spacial score (nSPS) is 11.2. The number of nitriles is 1. The Morgan fingerprint density at radius 2 is 2.25 bits per heavy atom. The van der Waals surface area contributed by atoms with Crippen LogP contribution in [-0.2, 0) is 0 Å². The van der Waals surface area contributed by atoms with Crippen molar-refractivity contribution in [3.8, 4) is 6.07 Å². The van der Waals surface area contributed by atoms with Gasteiger partial charge in [-0.3, -0.25) is 0 Å². The highest BCUT2D eigenvalue weighted by molar-refractivity contribution is 5.45. The standard InChI is InChI=1S/C10H10N2/c1-4-5-9-7(2)12-8(3)10(9)6-11/h4-5,12H,1-2H2,3H3/b9-5+. The number of hydrogen-bond acceptors (Lipinski definition) is 1. The van der Waals surface area contributed by atoms with E-state index in [0.717, 1.165) is 16.3 Å². The largest absolute Gasteiger partial charge is 0.358 e. The number of hydrogen-bond donors (Lipinski definition) is 1. The Kier molecular flexibility index (Phi) is 2.16. The quantitative estimate of drug-likeness (QED) is 0.637. The highest BCUT2D eigenvalue weighted by Crippen LogP contribution is 1.92. The van der Waals surface area contributed by atoms with Gasteiger partial charge in [0.05, 0.1) is 5.56 Å². The first-order chi connectivity index (χ1) is 5.70. The van der Waals surface area contributed by atoms with Crippen molar-refractivity contribution in [1.82, 2.24) is 4.98 Å². The van der Waals surface area contributed by atoms with E-state index in [-0.39, 0.29) is 0 Å². The smallest absolute Gasteiger partial charge is 0.102 e. The van der Waals surface area contributed by atoms with Crippen molar-refractivity contribution < 1.29 is 0 Å². The van der Waals surface area contributed by atoms with Gasteiger partial charge in [0, 0.05) is 16.3 Å². The maximum atomic E-state index is 8.79. The van der Waals surface area contributed by atoms with Gasteiger partial charge in [0.25, 0.3) is 0 Å². The summed E-state index contributed by atoms with van der Waals surface area (Å²) in [6.07, 6.45) is 3.43. The summed E-state index contributed by atoms with van der Waals surface area (Å²) in [5.74, 6) is 0. The molecule has 0 spiro atoms. The van der Waals surface area contributed by atoms with Crippen LogP contribution in [0.1, 0.15) is 11.3 Å². The van der Waals surface area contributed by atoms with Crippen LogP contribution >= 0.6 is 0 Å². The molecule has 12 heavy (non-hydrogen) atoms. The summed E-state index contributed by atoms with van der Waals surface area (Å²) in [5, 5.41) is 10.4. The van der Waals surface area contributed by atoms with Gasteiger partial charge in [0.15, 0.2) is 0 Å². The molecule has 0 bridgehead atoms. The van der Waals surface area contributed by atoms with Gasteiger partial charge in [-0.05, 0) is 6.92 Å². The first-order valence-corrected chi connectivity index (χ1v) is 3.61. The fourth-order valence-electron chi connectivity index (χ4n) is 1.15. The fourth-order valence-corrected chi connectivity index (χ4v) is 1.15. The Bertz CT molecular complexity index is 443. The second-order valence-corrected chi connectivity index (χ2v) is 2.53. The predicted octanol–water partition coefficient (Wildman–Crippen LogP) is 0.572. The van der Waals surface area contributed by atoms with E-state index in [4.69, 9.17) is 5.26 Å². The van der Waals surface area contributed by atoms with Gasteiger partial charge < -0.3 is 4.98 Å². The summed E-state index contributed by atoms with van der Waals surface area (Å²) in [6.45, 7) is 9.21. The van der Waals surface area contributed by atoms with Gasteiger partial charge in [0.2, 0.25) is 0 Å². The van der Waals surface area contributed by atoms with E-state index in [9.17, 15) is 0 Å². The van der Waals surface area contributed by atoms with E-state index in [1.54, 1.807) is 12.2 Å². The number of allylic oxidation sites excluding steroid dienone is 1. The number of aromatic amines is 1. The van der Waals surface area contributed by atoms with Crippen LogP contribution < -0.4 is 10.6 Å². The highest BCUT2D eigenvalue weighted by atomic mass is 14.7. The summed E-state index contributed by atoms with van der Waals surface area (Å²) in [6, 6.07) is 2.12. The lowest BCUT2D eigenvalue weighted by Crippen LogP contribution is -2.21. The molecule has 0 fully saturated rings. The van der Waals surface area contributed by atoms with Gasteiger partial charge >= 0.3 is 0 Å². The van der Waals surface area contributed by atoms with E-state index in [1.807, 2.05) is 6.92 Å². The lowest BCUT2D eigenvalue weighted by molar-refractivity contribution is 1.22. The molecule has 2 nitrogen and oxygen atoms in total. The fraction of sp³-hybridized carbons (Fsp3) is 0.100. The van der Waals surface area contributed by atoms with Crippen LogP contribution in [0.2, 0.25) is 0 Å². The molecule has 1 heterocycles. The highest BCUT2D eigenvalue weighted by Gasteiger charge is 2.00. The molecule has 1 rings (SSSR count). The van der Waals surface area contributed by atoms with E-state index in [0.29, 0.717) is 5.56 Å². The summed E-state index contributed by atoms with van der Waals surface area (Å²) in [4.78, 5) is 3.00. The Morgan fingerprint density at radius 3 is 2.75 bits per heavy atom. The van der Waals surface area contributed by atoms with Gasteiger partial charge in [0.1, 0.15) is 6.07 Å². The molecule has 0 aliphatic rings. The molecule has 0 unspecified atom stereocenters. The molecule has 1 aromatic heterocycles. The second-order valence-electron chi connectivity index (χ2n) is 2.53. The topological polar surface area (TPSA) is 39.6 Å². The summed E-state index contributed by atoms with van der Waals surface area (Å²) < 4.78 is 0. The van der Waals surface area contributed by atoms with Crippen LogP contribution in [0.4, 0.5) is 0 Å². The number of rotatable bonds is 1. The van der Waals surface area contributed by atoms with Crippen molar-refractivity contribution in [3.05, 3.63) is 34.5 Å². The number of nitrogens with zero attached hydrogens (tertiary/aromatic N) is 1.